The standard InChI is InChI=1S/C28H37N5O4/c1-19-4-7-22-24(14-19)37-28(9-12-32(13-10-28)27(35)36-18-20-5-6-20)23-16-33(29-26(22)23)17-25(34)31(3)21-8-11-30(2)15-21/h4,7,14,16,20-21H,5-6,8-13,15,17-18H2,1-3H3/t21-/m1/s1. The zero-order valence-corrected chi connectivity index (χ0v) is 22.1. The van der Waals surface area contributed by atoms with Crippen molar-refractivity contribution in [3.05, 3.63) is 35.5 Å². The number of nitrogens with zero attached hydrogens (tertiary/aromatic N) is 5. The van der Waals surface area contributed by atoms with Crippen molar-refractivity contribution in [3.8, 4) is 17.0 Å². The smallest absolute Gasteiger partial charge is 0.409 e. The number of amides is 2. The predicted molar refractivity (Wildman–Crippen MR) is 138 cm³/mol. The summed E-state index contributed by atoms with van der Waals surface area (Å²) < 4.78 is 14.0. The molecule has 37 heavy (non-hydrogen) atoms. The Morgan fingerprint density at radius 1 is 1.19 bits per heavy atom. The molecular weight excluding hydrogens is 470 g/mol. The Balaban J connectivity index is 1.23. The quantitative estimate of drug-likeness (QED) is 0.618. The molecule has 9 nitrogen and oxygen atoms in total. The fourth-order valence-electron chi connectivity index (χ4n) is 5.88. The van der Waals surface area contributed by atoms with Gasteiger partial charge in [-0.3, -0.25) is 9.48 Å². The van der Waals surface area contributed by atoms with Gasteiger partial charge in [0, 0.05) is 62.9 Å². The number of hydrogen-bond acceptors (Lipinski definition) is 6. The van der Waals surface area contributed by atoms with E-state index in [1.165, 1.54) is 0 Å². The van der Waals surface area contributed by atoms with Gasteiger partial charge < -0.3 is 24.2 Å². The van der Waals surface area contributed by atoms with E-state index < -0.39 is 5.60 Å². The number of carbonyl (C=O) groups is 2. The molecule has 0 radical (unpaired) electrons. The molecule has 3 fully saturated rings. The van der Waals surface area contributed by atoms with Crippen LogP contribution in [0.15, 0.2) is 24.4 Å². The second-order valence-corrected chi connectivity index (χ2v) is 11.4. The Bertz CT molecular complexity index is 1200. The van der Waals surface area contributed by atoms with Gasteiger partial charge in [0.15, 0.2) is 0 Å². The van der Waals surface area contributed by atoms with Crippen molar-refractivity contribution in [2.75, 3.05) is 46.9 Å². The van der Waals surface area contributed by atoms with Crippen LogP contribution < -0.4 is 4.74 Å². The van der Waals surface area contributed by atoms with E-state index in [4.69, 9.17) is 14.6 Å². The highest BCUT2D eigenvalue weighted by atomic mass is 16.6. The molecule has 1 aromatic heterocycles. The van der Waals surface area contributed by atoms with Gasteiger partial charge in [-0.05, 0) is 63.4 Å². The van der Waals surface area contributed by atoms with Gasteiger partial charge in [0.1, 0.15) is 23.6 Å². The molecule has 0 N–H and O–H groups in total. The van der Waals surface area contributed by atoms with Crippen LogP contribution >= 0.6 is 0 Å². The summed E-state index contributed by atoms with van der Waals surface area (Å²) >= 11 is 0. The molecule has 6 rings (SSSR count). The van der Waals surface area contributed by atoms with E-state index in [2.05, 4.69) is 37.1 Å². The van der Waals surface area contributed by atoms with E-state index in [9.17, 15) is 9.59 Å². The fraction of sp³-hybridized carbons (Fsp3) is 0.607. The largest absolute Gasteiger partial charge is 0.482 e. The summed E-state index contributed by atoms with van der Waals surface area (Å²) in [5.41, 5.74) is 3.38. The van der Waals surface area contributed by atoms with Gasteiger partial charge in [0.25, 0.3) is 0 Å². The Labute approximate surface area is 218 Å². The van der Waals surface area contributed by atoms with Crippen molar-refractivity contribution in [2.45, 2.75) is 57.2 Å². The lowest BCUT2D eigenvalue weighted by atomic mass is 9.81. The van der Waals surface area contributed by atoms with E-state index in [0.717, 1.165) is 60.5 Å². The summed E-state index contributed by atoms with van der Waals surface area (Å²) in [6.45, 7) is 5.82. The number of aryl methyl sites for hydroxylation is 1. The van der Waals surface area contributed by atoms with Crippen LogP contribution in [-0.4, -0.2) is 89.4 Å². The summed E-state index contributed by atoms with van der Waals surface area (Å²) in [6.07, 6.45) is 6.39. The van der Waals surface area contributed by atoms with Gasteiger partial charge in [-0.15, -0.1) is 0 Å². The van der Waals surface area contributed by atoms with Gasteiger partial charge in [0.2, 0.25) is 5.91 Å². The topological polar surface area (TPSA) is 80.1 Å². The van der Waals surface area contributed by atoms with Crippen molar-refractivity contribution >= 4 is 12.0 Å². The second-order valence-electron chi connectivity index (χ2n) is 11.4. The lowest BCUT2D eigenvalue weighted by Gasteiger charge is -2.43. The third-order valence-electron chi connectivity index (χ3n) is 8.52. The molecule has 4 heterocycles. The van der Waals surface area contributed by atoms with Crippen molar-refractivity contribution in [3.63, 3.8) is 0 Å². The van der Waals surface area contributed by atoms with Crippen LogP contribution in [0.1, 0.15) is 43.2 Å². The Hall–Kier alpha value is -3.07. The maximum Gasteiger partial charge on any atom is 0.409 e. The number of ether oxygens (including phenoxy) is 2. The van der Waals surface area contributed by atoms with Crippen molar-refractivity contribution in [1.29, 1.82) is 0 Å². The molecule has 198 valence electrons. The van der Waals surface area contributed by atoms with Gasteiger partial charge in [-0.25, -0.2) is 4.79 Å². The highest BCUT2D eigenvalue weighted by Gasteiger charge is 2.46. The molecule has 1 spiro atoms. The molecule has 3 aliphatic heterocycles. The first-order chi connectivity index (χ1) is 17.8. The van der Waals surface area contributed by atoms with Crippen LogP contribution in [0.2, 0.25) is 0 Å². The summed E-state index contributed by atoms with van der Waals surface area (Å²) in [5, 5.41) is 4.92. The zero-order chi connectivity index (χ0) is 25.7. The van der Waals surface area contributed by atoms with E-state index in [-0.39, 0.29) is 24.6 Å². The first-order valence-electron chi connectivity index (χ1n) is 13.6. The lowest BCUT2D eigenvalue weighted by molar-refractivity contribution is -0.132. The fourth-order valence-corrected chi connectivity index (χ4v) is 5.88. The highest BCUT2D eigenvalue weighted by molar-refractivity contribution is 5.77. The zero-order valence-electron chi connectivity index (χ0n) is 22.1. The molecule has 0 bridgehead atoms. The van der Waals surface area contributed by atoms with Crippen molar-refractivity contribution < 1.29 is 19.1 Å². The molecule has 0 unspecified atom stereocenters. The Morgan fingerprint density at radius 3 is 2.68 bits per heavy atom. The maximum atomic E-state index is 13.2. The first kappa shape index (κ1) is 24.3. The average Bonchev–Trinajstić information content (AvgIpc) is 3.46. The third-order valence-corrected chi connectivity index (χ3v) is 8.52. The minimum atomic E-state index is -0.579. The molecule has 1 aromatic carbocycles. The molecule has 1 saturated carbocycles. The van der Waals surface area contributed by atoms with Gasteiger partial charge in [-0.2, -0.15) is 5.10 Å². The SMILES string of the molecule is Cc1ccc2c(c1)OC1(CCN(C(=O)OCC3CC3)CC1)c1cn(CC(=O)N(C)[C@@H]3CCN(C)C3)nc1-2. The van der Waals surface area contributed by atoms with E-state index >= 15 is 0 Å². The number of likely N-dealkylation sites (tertiary alicyclic amines) is 2. The van der Waals surface area contributed by atoms with E-state index in [1.54, 1.807) is 9.58 Å². The van der Waals surface area contributed by atoms with Crippen molar-refractivity contribution in [1.82, 2.24) is 24.5 Å². The molecule has 2 aromatic rings. The van der Waals surface area contributed by atoms with Crippen LogP contribution in [0.3, 0.4) is 0 Å². The van der Waals surface area contributed by atoms with Crippen LogP contribution in [0.5, 0.6) is 5.75 Å². The highest BCUT2D eigenvalue weighted by Crippen LogP contribution is 2.49. The maximum absolute atomic E-state index is 13.2. The molecule has 4 aliphatic rings. The second kappa shape index (κ2) is 9.35. The van der Waals surface area contributed by atoms with Crippen molar-refractivity contribution in [2.24, 2.45) is 5.92 Å². The predicted octanol–water partition coefficient (Wildman–Crippen LogP) is 3.25. The van der Waals surface area contributed by atoms with E-state index in [1.807, 2.05) is 18.1 Å². The number of likely N-dealkylation sites (N-methyl/N-ethyl adjacent to an activating group) is 2. The van der Waals surface area contributed by atoms with Crippen LogP contribution in [0.25, 0.3) is 11.3 Å². The van der Waals surface area contributed by atoms with Crippen LogP contribution in [0.4, 0.5) is 4.79 Å². The van der Waals surface area contributed by atoms with E-state index in [0.29, 0.717) is 38.5 Å². The minimum absolute atomic E-state index is 0.0625. The van der Waals surface area contributed by atoms with Gasteiger partial charge >= 0.3 is 6.09 Å². The summed E-state index contributed by atoms with van der Waals surface area (Å²) in [7, 11) is 3.99. The van der Waals surface area contributed by atoms with Gasteiger partial charge in [0.05, 0.1) is 6.61 Å². The summed E-state index contributed by atoms with van der Waals surface area (Å²) in [4.78, 5) is 31.7. The lowest BCUT2D eigenvalue weighted by Crippen LogP contribution is -2.49. The number of piperidine rings is 1. The molecule has 1 atom stereocenters. The number of fused-ring (bicyclic) bond motifs is 4. The Morgan fingerprint density at radius 2 is 1.97 bits per heavy atom. The molecule has 2 saturated heterocycles. The number of aromatic nitrogens is 2. The molecule has 2 amide bonds. The normalized spacial score (nSPS) is 22.4. The first-order valence-corrected chi connectivity index (χ1v) is 13.6. The molecule has 1 aliphatic carbocycles. The monoisotopic (exact) mass is 507 g/mol. The van der Waals surface area contributed by atoms with Crippen LogP contribution in [0, 0.1) is 12.8 Å². The summed E-state index contributed by atoms with van der Waals surface area (Å²) in [6, 6.07) is 6.42. The third kappa shape index (κ3) is 4.69. The van der Waals surface area contributed by atoms with Gasteiger partial charge in [-0.1, -0.05) is 6.07 Å². The number of rotatable bonds is 5. The molecule has 9 heteroatoms. The average molecular weight is 508 g/mol. The molecular formula is C28H37N5O4. The number of hydrogen-bond donors (Lipinski definition) is 0. The Kier molecular flexibility index (Phi) is 6.13. The number of benzene rings is 1. The number of carbonyl (C=O) groups excluding carboxylic acids is 2. The van der Waals surface area contributed by atoms with Crippen LogP contribution in [-0.2, 0) is 21.7 Å². The minimum Gasteiger partial charge on any atom is -0.482 e. The summed E-state index contributed by atoms with van der Waals surface area (Å²) in [5.74, 6) is 1.43.